The van der Waals surface area contributed by atoms with Crippen LogP contribution in [0.1, 0.15) is 24.8 Å². The van der Waals surface area contributed by atoms with Crippen LogP contribution < -0.4 is 15.5 Å². The van der Waals surface area contributed by atoms with Crippen LogP contribution in [0.2, 0.25) is 0 Å². The number of thioether (sulfide) groups is 1. The summed E-state index contributed by atoms with van der Waals surface area (Å²) < 4.78 is 14.0. The number of hydrogen-bond donors (Lipinski definition) is 2. The fourth-order valence-electron chi connectivity index (χ4n) is 2.88. The molecule has 128 valence electrons. The molecule has 0 bridgehead atoms. The van der Waals surface area contributed by atoms with Crippen molar-refractivity contribution in [2.24, 2.45) is 4.99 Å². The maximum atomic E-state index is 14.0. The molecule has 1 aliphatic rings. The van der Waals surface area contributed by atoms with Gasteiger partial charge in [0.2, 0.25) is 0 Å². The van der Waals surface area contributed by atoms with Gasteiger partial charge in [-0.25, -0.2) is 4.39 Å². The summed E-state index contributed by atoms with van der Waals surface area (Å²) in [5, 5.41) is 7.49. The zero-order chi connectivity index (χ0) is 16.8. The Balaban J connectivity index is 1.87. The number of rotatable bonds is 5. The first-order valence-electron chi connectivity index (χ1n) is 7.99. The Morgan fingerprint density at radius 1 is 1.39 bits per heavy atom. The van der Waals surface area contributed by atoms with Gasteiger partial charge in [0.1, 0.15) is 5.82 Å². The third-order valence-electron chi connectivity index (χ3n) is 4.24. The lowest BCUT2D eigenvalue weighted by Crippen LogP contribution is -2.42. The van der Waals surface area contributed by atoms with Crippen LogP contribution >= 0.6 is 11.8 Å². The maximum absolute atomic E-state index is 14.0. The number of benzene rings is 1. The average Bonchev–Trinajstić information content (AvgIpc) is 2.98. The predicted octanol–water partition coefficient (Wildman–Crippen LogP) is 2.84. The van der Waals surface area contributed by atoms with Gasteiger partial charge in [0.25, 0.3) is 0 Å². The lowest BCUT2D eigenvalue weighted by molar-refractivity contribution is 0.611. The second-order valence-electron chi connectivity index (χ2n) is 6.12. The van der Waals surface area contributed by atoms with Crippen LogP contribution in [-0.2, 0) is 6.54 Å². The Morgan fingerprint density at radius 2 is 2.17 bits per heavy atom. The molecule has 2 rings (SSSR count). The van der Waals surface area contributed by atoms with Crippen molar-refractivity contribution in [3.63, 3.8) is 0 Å². The number of guanidine groups is 1. The van der Waals surface area contributed by atoms with Gasteiger partial charge in [-0.15, -0.1) is 0 Å². The molecular weight excluding hydrogens is 311 g/mol. The van der Waals surface area contributed by atoms with E-state index in [4.69, 9.17) is 0 Å². The Hall–Kier alpha value is -1.43. The minimum atomic E-state index is -0.198. The maximum Gasteiger partial charge on any atom is 0.191 e. The first-order valence-corrected chi connectivity index (χ1v) is 9.28. The molecule has 23 heavy (non-hydrogen) atoms. The Bertz CT molecular complexity index is 547. The Kier molecular flexibility index (Phi) is 6.57. The fourth-order valence-corrected chi connectivity index (χ4v) is 3.68. The molecule has 2 N–H and O–H groups in total. The van der Waals surface area contributed by atoms with Crippen LogP contribution in [0.25, 0.3) is 0 Å². The Labute approximate surface area is 142 Å². The molecule has 0 aliphatic heterocycles. The molecule has 0 heterocycles. The van der Waals surface area contributed by atoms with E-state index in [2.05, 4.69) is 21.9 Å². The van der Waals surface area contributed by atoms with Crippen molar-refractivity contribution in [1.82, 2.24) is 10.6 Å². The van der Waals surface area contributed by atoms with E-state index in [-0.39, 0.29) is 5.82 Å². The van der Waals surface area contributed by atoms with Crippen LogP contribution in [0.5, 0.6) is 0 Å². The van der Waals surface area contributed by atoms with E-state index in [1.54, 1.807) is 18.0 Å². The molecule has 0 amide bonds. The number of anilines is 1. The minimum absolute atomic E-state index is 0.198. The SMILES string of the molecule is CN=C(NCc1ccc(N(C)C)c(F)c1)NC1CCC(SC)C1. The van der Waals surface area contributed by atoms with Crippen LogP contribution in [0.15, 0.2) is 23.2 Å². The van der Waals surface area contributed by atoms with Crippen LogP contribution in [0.3, 0.4) is 0 Å². The largest absolute Gasteiger partial charge is 0.375 e. The van der Waals surface area contributed by atoms with Gasteiger partial charge in [-0.05, 0) is 43.2 Å². The van der Waals surface area contributed by atoms with Crippen molar-refractivity contribution in [1.29, 1.82) is 0 Å². The molecule has 1 aromatic rings. The second-order valence-corrected chi connectivity index (χ2v) is 7.26. The summed E-state index contributed by atoms with van der Waals surface area (Å²) in [7, 11) is 5.45. The van der Waals surface area contributed by atoms with Gasteiger partial charge < -0.3 is 15.5 Å². The van der Waals surface area contributed by atoms with E-state index in [0.29, 0.717) is 18.3 Å². The first kappa shape index (κ1) is 17.9. The lowest BCUT2D eigenvalue weighted by Gasteiger charge is -2.18. The number of halogens is 1. The molecule has 0 spiro atoms. The van der Waals surface area contributed by atoms with Crippen molar-refractivity contribution in [2.45, 2.75) is 37.1 Å². The van der Waals surface area contributed by atoms with Crippen LogP contribution in [0, 0.1) is 5.82 Å². The number of hydrogen-bond acceptors (Lipinski definition) is 3. The van der Waals surface area contributed by atoms with Gasteiger partial charge in [-0.1, -0.05) is 6.07 Å². The molecule has 2 atom stereocenters. The van der Waals surface area contributed by atoms with Gasteiger partial charge in [0.05, 0.1) is 5.69 Å². The standard InChI is InChI=1S/C17H27FN4S/c1-19-17(21-13-6-7-14(10-13)23-4)20-11-12-5-8-16(22(2)3)15(18)9-12/h5,8-9,13-14H,6-7,10-11H2,1-4H3,(H2,19,20,21). The molecule has 1 fully saturated rings. The lowest BCUT2D eigenvalue weighted by atomic mass is 10.2. The fraction of sp³-hybridized carbons (Fsp3) is 0.588. The van der Waals surface area contributed by atoms with E-state index >= 15 is 0 Å². The molecule has 0 aromatic heterocycles. The highest BCUT2D eigenvalue weighted by Gasteiger charge is 2.24. The van der Waals surface area contributed by atoms with E-state index in [1.807, 2.05) is 38.0 Å². The third-order valence-corrected chi connectivity index (χ3v) is 5.33. The van der Waals surface area contributed by atoms with Gasteiger partial charge in [-0.3, -0.25) is 4.99 Å². The highest BCUT2D eigenvalue weighted by molar-refractivity contribution is 7.99. The summed E-state index contributed by atoms with van der Waals surface area (Å²) in [5.74, 6) is 0.588. The number of aliphatic imine (C=N–C) groups is 1. The van der Waals surface area contributed by atoms with Crippen molar-refractivity contribution >= 4 is 23.4 Å². The molecule has 0 radical (unpaired) electrons. The smallest absolute Gasteiger partial charge is 0.191 e. The quantitative estimate of drug-likeness (QED) is 0.640. The van der Waals surface area contributed by atoms with E-state index in [1.165, 1.54) is 19.3 Å². The van der Waals surface area contributed by atoms with Gasteiger partial charge in [0, 0.05) is 39.0 Å². The van der Waals surface area contributed by atoms with E-state index < -0.39 is 0 Å². The van der Waals surface area contributed by atoms with Crippen LogP contribution in [-0.4, -0.2) is 44.7 Å². The normalized spacial score (nSPS) is 21.3. The summed E-state index contributed by atoms with van der Waals surface area (Å²) in [4.78, 5) is 6.04. The van der Waals surface area contributed by atoms with Gasteiger partial charge >= 0.3 is 0 Å². The highest BCUT2D eigenvalue weighted by atomic mass is 32.2. The zero-order valence-corrected chi connectivity index (χ0v) is 15.2. The van der Waals surface area contributed by atoms with Crippen LogP contribution in [0.4, 0.5) is 10.1 Å². The summed E-state index contributed by atoms with van der Waals surface area (Å²) >= 11 is 1.94. The van der Waals surface area contributed by atoms with E-state index in [0.717, 1.165) is 16.8 Å². The number of nitrogens with one attached hydrogen (secondary N) is 2. The second kappa shape index (κ2) is 8.43. The highest BCUT2D eigenvalue weighted by Crippen LogP contribution is 2.28. The molecule has 2 unspecified atom stereocenters. The topological polar surface area (TPSA) is 39.7 Å². The monoisotopic (exact) mass is 338 g/mol. The minimum Gasteiger partial charge on any atom is -0.375 e. The molecule has 1 aromatic carbocycles. The summed E-state index contributed by atoms with van der Waals surface area (Å²) in [5.41, 5.74) is 1.51. The zero-order valence-electron chi connectivity index (χ0n) is 14.4. The van der Waals surface area contributed by atoms with E-state index in [9.17, 15) is 4.39 Å². The molecule has 1 aliphatic carbocycles. The third kappa shape index (κ3) is 5.03. The van der Waals surface area contributed by atoms with Crippen molar-refractivity contribution in [3.8, 4) is 0 Å². The first-order chi connectivity index (χ1) is 11.0. The van der Waals surface area contributed by atoms with Crippen molar-refractivity contribution < 1.29 is 4.39 Å². The Morgan fingerprint density at radius 3 is 2.74 bits per heavy atom. The van der Waals surface area contributed by atoms with Gasteiger partial charge in [-0.2, -0.15) is 11.8 Å². The predicted molar refractivity (Wildman–Crippen MR) is 99.0 cm³/mol. The summed E-state index contributed by atoms with van der Waals surface area (Å²) in [6, 6.07) is 5.81. The molecule has 4 nitrogen and oxygen atoms in total. The molecular formula is C17H27FN4S. The van der Waals surface area contributed by atoms with Crippen molar-refractivity contribution in [3.05, 3.63) is 29.6 Å². The summed E-state index contributed by atoms with van der Waals surface area (Å²) in [6.07, 6.45) is 5.78. The molecule has 1 saturated carbocycles. The van der Waals surface area contributed by atoms with Crippen molar-refractivity contribution in [2.75, 3.05) is 32.3 Å². The average molecular weight is 338 g/mol. The molecule has 0 saturated heterocycles. The van der Waals surface area contributed by atoms with Gasteiger partial charge in [0.15, 0.2) is 5.96 Å². The molecule has 6 heteroatoms. The number of nitrogens with zero attached hydrogens (tertiary/aromatic N) is 2. The summed E-state index contributed by atoms with van der Waals surface area (Å²) in [6.45, 7) is 0.559.